The summed E-state index contributed by atoms with van der Waals surface area (Å²) in [6, 6.07) is 9.75. The van der Waals surface area contributed by atoms with E-state index < -0.39 is 5.97 Å². The van der Waals surface area contributed by atoms with Gasteiger partial charge in [-0.05, 0) is 11.0 Å². The third-order valence-electron chi connectivity index (χ3n) is 2.95. The number of carboxylic acids is 1. The summed E-state index contributed by atoms with van der Waals surface area (Å²) in [5.41, 5.74) is 0.771. The Hall–Kier alpha value is -1.84. The second kappa shape index (κ2) is 5.67. The first-order chi connectivity index (χ1) is 8.33. The number of hydrogen-bond donors (Lipinski definition) is 1. The van der Waals surface area contributed by atoms with Gasteiger partial charge in [0.05, 0.1) is 0 Å². The zero-order chi connectivity index (χ0) is 13.8. The summed E-state index contributed by atoms with van der Waals surface area (Å²) in [4.78, 5) is 23.7. The van der Waals surface area contributed by atoms with Crippen LogP contribution in [0.3, 0.4) is 0 Å². The van der Waals surface area contributed by atoms with Crippen LogP contribution < -0.4 is 0 Å². The van der Waals surface area contributed by atoms with Crippen LogP contribution in [-0.4, -0.2) is 35.5 Å². The van der Waals surface area contributed by atoms with Crippen LogP contribution in [-0.2, 0) is 15.0 Å². The summed E-state index contributed by atoms with van der Waals surface area (Å²) < 4.78 is 0. The maximum Gasteiger partial charge on any atom is 0.323 e. The van der Waals surface area contributed by atoms with Crippen molar-refractivity contribution in [3.8, 4) is 0 Å². The van der Waals surface area contributed by atoms with Crippen molar-refractivity contribution in [2.45, 2.75) is 25.7 Å². The zero-order valence-electron chi connectivity index (χ0n) is 11.0. The number of carboxylic acid groups (broad SMARTS) is 1. The van der Waals surface area contributed by atoms with Crippen LogP contribution in [0.1, 0.15) is 25.8 Å². The number of amides is 1. The Kier molecular flexibility index (Phi) is 4.48. The van der Waals surface area contributed by atoms with E-state index in [9.17, 15) is 9.59 Å². The van der Waals surface area contributed by atoms with Gasteiger partial charge in [-0.2, -0.15) is 0 Å². The van der Waals surface area contributed by atoms with E-state index in [4.69, 9.17) is 5.11 Å². The van der Waals surface area contributed by atoms with Crippen LogP contribution in [0.2, 0.25) is 0 Å². The van der Waals surface area contributed by atoms with Gasteiger partial charge in [0.1, 0.15) is 6.54 Å². The third kappa shape index (κ3) is 3.87. The Balaban J connectivity index is 2.71. The summed E-state index contributed by atoms with van der Waals surface area (Å²) in [7, 11) is 1.51. The minimum atomic E-state index is -0.997. The lowest BCUT2D eigenvalue weighted by molar-refractivity contribution is -0.143. The Morgan fingerprint density at radius 1 is 1.22 bits per heavy atom. The van der Waals surface area contributed by atoms with Crippen molar-refractivity contribution in [1.82, 2.24) is 4.90 Å². The lowest BCUT2D eigenvalue weighted by Gasteiger charge is -2.27. The van der Waals surface area contributed by atoms with Gasteiger partial charge in [-0.3, -0.25) is 9.59 Å². The van der Waals surface area contributed by atoms with E-state index >= 15 is 0 Å². The van der Waals surface area contributed by atoms with Crippen LogP contribution >= 0.6 is 0 Å². The van der Waals surface area contributed by atoms with Gasteiger partial charge in [0.15, 0.2) is 0 Å². The molecule has 98 valence electrons. The molecule has 0 bridgehead atoms. The number of nitrogens with zero attached hydrogens (tertiary/aromatic N) is 1. The van der Waals surface area contributed by atoms with Gasteiger partial charge in [0.25, 0.3) is 0 Å². The molecule has 4 nitrogen and oxygen atoms in total. The minimum absolute atomic E-state index is 0.161. The Bertz CT molecular complexity index is 426. The molecule has 0 aliphatic heterocycles. The van der Waals surface area contributed by atoms with Gasteiger partial charge in [-0.15, -0.1) is 0 Å². The molecule has 0 unspecified atom stereocenters. The average molecular weight is 249 g/mol. The Morgan fingerprint density at radius 2 is 1.78 bits per heavy atom. The smallest absolute Gasteiger partial charge is 0.323 e. The standard InChI is InChI=1S/C14H19NO3/c1-14(2,11-7-5-4-6-8-11)9-12(16)15(3)10-13(17)18/h4-8H,9-10H2,1-3H3,(H,17,18). The first-order valence-electron chi connectivity index (χ1n) is 5.84. The van der Waals surface area contributed by atoms with Crippen molar-refractivity contribution in [3.63, 3.8) is 0 Å². The molecule has 18 heavy (non-hydrogen) atoms. The second-order valence-corrected chi connectivity index (χ2v) is 5.07. The quantitative estimate of drug-likeness (QED) is 0.867. The highest BCUT2D eigenvalue weighted by Gasteiger charge is 2.26. The Morgan fingerprint density at radius 3 is 2.28 bits per heavy atom. The van der Waals surface area contributed by atoms with E-state index in [1.165, 1.54) is 11.9 Å². The average Bonchev–Trinajstić information content (AvgIpc) is 2.28. The summed E-state index contributed by atoms with van der Waals surface area (Å²) in [6.07, 6.45) is 0.292. The number of hydrogen-bond acceptors (Lipinski definition) is 2. The summed E-state index contributed by atoms with van der Waals surface area (Å²) >= 11 is 0. The van der Waals surface area contributed by atoms with E-state index in [1.807, 2.05) is 44.2 Å². The molecule has 0 aliphatic carbocycles. The molecular weight excluding hydrogens is 230 g/mol. The lowest BCUT2D eigenvalue weighted by Crippen LogP contribution is -2.36. The molecular formula is C14H19NO3. The first-order valence-corrected chi connectivity index (χ1v) is 5.84. The van der Waals surface area contributed by atoms with E-state index in [-0.39, 0.29) is 17.9 Å². The predicted octanol–water partition coefficient (Wildman–Crippen LogP) is 1.90. The number of benzene rings is 1. The fourth-order valence-electron chi connectivity index (χ4n) is 1.80. The van der Waals surface area contributed by atoms with Crippen molar-refractivity contribution in [3.05, 3.63) is 35.9 Å². The summed E-state index contributed by atoms with van der Waals surface area (Å²) in [5.74, 6) is -1.16. The molecule has 0 saturated heterocycles. The van der Waals surface area contributed by atoms with Gasteiger partial charge in [0, 0.05) is 13.5 Å². The SMILES string of the molecule is CN(CC(=O)O)C(=O)CC(C)(C)c1ccccc1. The molecule has 0 saturated carbocycles. The maximum absolute atomic E-state index is 11.9. The molecule has 1 N–H and O–H groups in total. The van der Waals surface area contributed by atoms with E-state index in [0.29, 0.717) is 6.42 Å². The monoisotopic (exact) mass is 249 g/mol. The molecule has 1 aromatic carbocycles. The van der Waals surface area contributed by atoms with Crippen molar-refractivity contribution >= 4 is 11.9 Å². The first kappa shape index (κ1) is 14.2. The van der Waals surface area contributed by atoms with Crippen molar-refractivity contribution in [1.29, 1.82) is 0 Å². The molecule has 0 aliphatic rings. The van der Waals surface area contributed by atoms with Crippen LogP contribution in [0.25, 0.3) is 0 Å². The molecule has 0 radical (unpaired) electrons. The number of carbonyl (C=O) groups excluding carboxylic acids is 1. The molecule has 1 aromatic rings. The van der Waals surface area contributed by atoms with Gasteiger partial charge < -0.3 is 10.0 Å². The molecule has 0 atom stereocenters. The highest BCUT2D eigenvalue weighted by Crippen LogP contribution is 2.27. The largest absolute Gasteiger partial charge is 0.480 e. The number of rotatable bonds is 5. The topological polar surface area (TPSA) is 57.6 Å². The molecule has 0 spiro atoms. The lowest BCUT2D eigenvalue weighted by atomic mass is 9.81. The molecule has 0 aromatic heterocycles. The molecule has 4 heteroatoms. The molecule has 1 amide bonds. The summed E-state index contributed by atoms with van der Waals surface area (Å²) in [5, 5.41) is 8.65. The Labute approximate surface area is 107 Å². The van der Waals surface area contributed by atoms with Crippen LogP contribution in [0, 0.1) is 0 Å². The van der Waals surface area contributed by atoms with Gasteiger partial charge in [-0.1, -0.05) is 44.2 Å². The van der Waals surface area contributed by atoms with E-state index in [2.05, 4.69) is 0 Å². The highest BCUT2D eigenvalue weighted by molar-refractivity contribution is 5.82. The van der Waals surface area contributed by atoms with Gasteiger partial charge in [-0.25, -0.2) is 0 Å². The number of carbonyl (C=O) groups is 2. The van der Waals surface area contributed by atoms with Crippen molar-refractivity contribution in [2.24, 2.45) is 0 Å². The third-order valence-corrected chi connectivity index (χ3v) is 2.95. The minimum Gasteiger partial charge on any atom is -0.480 e. The normalized spacial score (nSPS) is 11.1. The van der Waals surface area contributed by atoms with Gasteiger partial charge >= 0.3 is 5.97 Å². The second-order valence-electron chi connectivity index (χ2n) is 5.07. The highest BCUT2D eigenvalue weighted by atomic mass is 16.4. The van der Waals surface area contributed by atoms with Crippen LogP contribution in [0.15, 0.2) is 30.3 Å². The molecule has 0 heterocycles. The van der Waals surface area contributed by atoms with E-state index in [1.54, 1.807) is 0 Å². The fraction of sp³-hybridized carbons (Fsp3) is 0.429. The molecule has 1 rings (SSSR count). The maximum atomic E-state index is 11.9. The van der Waals surface area contributed by atoms with Crippen LogP contribution in [0.5, 0.6) is 0 Å². The summed E-state index contributed by atoms with van der Waals surface area (Å²) in [6.45, 7) is 3.70. The van der Waals surface area contributed by atoms with Crippen molar-refractivity contribution < 1.29 is 14.7 Å². The zero-order valence-corrected chi connectivity index (χ0v) is 11.0. The number of aliphatic carboxylic acids is 1. The number of likely N-dealkylation sites (N-methyl/N-ethyl adjacent to an activating group) is 1. The van der Waals surface area contributed by atoms with E-state index in [0.717, 1.165) is 5.56 Å². The van der Waals surface area contributed by atoms with Gasteiger partial charge in [0.2, 0.25) is 5.91 Å². The predicted molar refractivity (Wildman–Crippen MR) is 69.4 cm³/mol. The van der Waals surface area contributed by atoms with Crippen LogP contribution in [0.4, 0.5) is 0 Å². The fourth-order valence-corrected chi connectivity index (χ4v) is 1.80. The molecule has 0 fully saturated rings. The van der Waals surface area contributed by atoms with Crippen molar-refractivity contribution in [2.75, 3.05) is 13.6 Å².